The largest absolute Gasteiger partial charge is 0.305 e. The highest BCUT2D eigenvalue weighted by atomic mass is 32.2. The summed E-state index contributed by atoms with van der Waals surface area (Å²) in [5.74, 6) is 0. The smallest absolute Gasteiger partial charge is 0.258 e. The van der Waals surface area contributed by atoms with Gasteiger partial charge in [0, 0.05) is 27.6 Å². The summed E-state index contributed by atoms with van der Waals surface area (Å²) in [5.41, 5.74) is 3.02. The zero-order valence-electron chi connectivity index (χ0n) is 12.5. The van der Waals surface area contributed by atoms with Crippen LogP contribution in [0, 0.1) is 0 Å². The minimum atomic E-state index is 0.130. The first kappa shape index (κ1) is 13.6. The Hall–Kier alpha value is -2.00. The van der Waals surface area contributed by atoms with Crippen molar-refractivity contribution in [2.45, 2.75) is 30.0 Å². The Balaban J connectivity index is 2.04. The lowest BCUT2D eigenvalue weighted by Crippen LogP contribution is -2.29. The van der Waals surface area contributed by atoms with Gasteiger partial charge >= 0.3 is 0 Å². The van der Waals surface area contributed by atoms with E-state index >= 15 is 0 Å². The van der Waals surface area contributed by atoms with Crippen molar-refractivity contribution >= 4 is 22.7 Å². The number of rotatable bonds is 2. The normalized spacial score (nSPS) is 16.9. The van der Waals surface area contributed by atoms with Crippen molar-refractivity contribution in [2.24, 2.45) is 0 Å². The Morgan fingerprint density at radius 1 is 1.14 bits per heavy atom. The molecule has 110 valence electrons. The monoisotopic (exact) mass is 307 g/mol. The van der Waals surface area contributed by atoms with E-state index in [0.29, 0.717) is 5.25 Å². The van der Waals surface area contributed by atoms with Gasteiger partial charge in [0.05, 0.1) is 5.52 Å². The van der Waals surface area contributed by atoms with Crippen molar-refractivity contribution in [3.8, 4) is 11.1 Å². The number of benzene rings is 2. The Kier molecular flexibility index (Phi) is 3.30. The molecule has 2 heterocycles. The van der Waals surface area contributed by atoms with Crippen LogP contribution in [0.4, 0.5) is 0 Å². The van der Waals surface area contributed by atoms with Crippen LogP contribution in [0.15, 0.2) is 64.3 Å². The molecule has 2 nitrogen and oxygen atoms in total. The third kappa shape index (κ3) is 2.08. The van der Waals surface area contributed by atoms with Gasteiger partial charge in [-0.15, -0.1) is 11.8 Å². The molecule has 1 atom stereocenters. The number of nitrogens with zero attached hydrogens (tertiary/aromatic N) is 1. The zero-order valence-corrected chi connectivity index (χ0v) is 13.3. The van der Waals surface area contributed by atoms with Gasteiger partial charge in [-0.25, -0.2) is 0 Å². The first-order valence-corrected chi connectivity index (χ1v) is 8.54. The van der Waals surface area contributed by atoms with E-state index in [9.17, 15) is 4.79 Å². The summed E-state index contributed by atoms with van der Waals surface area (Å²) in [6.07, 6.45) is 1.07. The first-order valence-electron chi connectivity index (χ1n) is 7.66. The molecule has 1 aliphatic heterocycles. The van der Waals surface area contributed by atoms with E-state index in [1.807, 2.05) is 52.7 Å². The fraction of sp³-hybridized carbons (Fsp3) is 0.211. The minimum Gasteiger partial charge on any atom is -0.305 e. The topological polar surface area (TPSA) is 22.0 Å². The Bertz CT molecular complexity index is 898. The van der Waals surface area contributed by atoms with Crippen LogP contribution in [-0.2, 0) is 6.54 Å². The first-order chi connectivity index (χ1) is 10.8. The average molecular weight is 307 g/mol. The van der Waals surface area contributed by atoms with Crippen molar-refractivity contribution in [1.82, 2.24) is 4.57 Å². The highest BCUT2D eigenvalue weighted by molar-refractivity contribution is 8.00. The Morgan fingerprint density at radius 3 is 2.73 bits per heavy atom. The number of pyridine rings is 1. The van der Waals surface area contributed by atoms with Gasteiger partial charge in [0.15, 0.2) is 0 Å². The van der Waals surface area contributed by atoms with Crippen LogP contribution in [0.2, 0.25) is 0 Å². The zero-order chi connectivity index (χ0) is 15.1. The van der Waals surface area contributed by atoms with E-state index in [0.717, 1.165) is 35.0 Å². The maximum atomic E-state index is 13.0. The van der Waals surface area contributed by atoms with Crippen LogP contribution in [-0.4, -0.2) is 9.82 Å². The van der Waals surface area contributed by atoms with Crippen LogP contribution in [0.3, 0.4) is 0 Å². The summed E-state index contributed by atoms with van der Waals surface area (Å²) < 4.78 is 1.98. The second kappa shape index (κ2) is 5.33. The second-order valence-corrected chi connectivity index (χ2v) is 7.02. The summed E-state index contributed by atoms with van der Waals surface area (Å²) in [6, 6.07) is 18.3. The Labute approximate surface area is 133 Å². The highest BCUT2D eigenvalue weighted by Gasteiger charge is 2.22. The van der Waals surface area contributed by atoms with Crippen LogP contribution >= 0.6 is 11.8 Å². The lowest BCUT2D eigenvalue weighted by atomic mass is 10.0. The van der Waals surface area contributed by atoms with Crippen LogP contribution in [0.1, 0.15) is 13.3 Å². The van der Waals surface area contributed by atoms with Gasteiger partial charge in [0.25, 0.3) is 5.56 Å². The van der Waals surface area contributed by atoms with Crippen molar-refractivity contribution in [3.63, 3.8) is 0 Å². The standard InChI is InChI=1S/C19H17NOS/c1-2-15-12-20-18-14(9-6-10-17(18)22-15)11-16(19(20)21)13-7-4-3-5-8-13/h3-11,15H,2,12H2,1H3. The molecule has 1 unspecified atom stereocenters. The van der Waals surface area contributed by atoms with E-state index in [-0.39, 0.29) is 5.56 Å². The highest BCUT2D eigenvalue weighted by Crippen LogP contribution is 2.37. The maximum Gasteiger partial charge on any atom is 0.258 e. The SMILES string of the molecule is CCC1Cn2c(=O)c(-c3ccccc3)cc3cccc(c32)S1. The molecule has 0 fully saturated rings. The predicted molar refractivity (Wildman–Crippen MR) is 93.6 cm³/mol. The molecule has 0 amide bonds. The van der Waals surface area contributed by atoms with E-state index in [4.69, 9.17) is 0 Å². The summed E-state index contributed by atoms with van der Waals surface area (Å²) in [5, 5.41) is 1.62. The molecular formula is C19H17NOS. The summed E-state index contributed by atoms with van der Waals surface area (Å²) in [7, 11) is 0. The van der Waals surface area contributed by atoms with Crippen LogP contribution < -0.4 is 5.56 Å². The molecule has 0 saturated carbocycles. The fourth-order valence-electron chi connectivity index (χ4n) is 3.14. The molecule has 1 aromatic heterocycles. The predicted octanol–water partition coefficient (Wildman–Crippen LogP) is 4.55. The van der Waals surface area contributed by atoms with Gasteiger partial charge in [0.1, 0.15) is 0 Å². The molecule has 3 aromatic rings. The second-order valence-electron chi connectivity index (χ2n) is 5.68. The van der Waals surface area contributed by atoms with Crippen molar-refractivity contribution in [3.05, 3.63) is 65.0 Å². The third-order valence-corrected chi connectivity index (χ3v) is 5.69. The molecule has 1 aliphatic rings. The minimum absolute atomic E-state index is 0.130. The van der Waals surface area contributed by atoms with Gasteiger partial charge < -0.3 is 4.57 Å². The molecule has 0 saturated heterocycles. The van der Waals surface area contributed by atoms with Crippen LogP contribution in [0.25, 0.3) is 22.0 Å². The van der Waals surface area contributed by atoms with Crippen LogP contribution in [0.5, 0.6) is 0 Å². The van der Waals surface area contributed by atoms with E-state index in [1.165, 1.54) is 4.90 Å². The van der Waals surface area contributed by atoms with Gasteiger partial charge in [-0.05, 0) is 24.1 Å². The number of hydrogen-bond donors (Lipinski definition) is 0. The molecule has 0 N–H and O–H groups in total. The van der Waals surface area contributed by atoms with E-state index < -0.39 is 0 Å². The van der Waals surface area contributed by atoms with Crippen molar-refractivity contribution in [1.29, 1.82) is 0 Å². The summed E-state index contributed by atoms with van der Waals surface area (Å²) >= 11 is 1.90. The lowest BCUT2D eigenvalue weighted by Gasteiger charge is -2.26. The molecule has 0 aliphatic carbocycles. The quantitative estimate of drug-likeness (QED) is 0.693. The van der Waals surface area contributed by atoms with Crippen molar-refractivity contribution in [2.75, 3.05) is 0 Å². The number of aromatic nitrogens is 1. The van der Waals surface area contributed by atoms with Gasteiger partial charge in [0.2, 0.25) is 0 Å². The molecule has 0 spiro atoms. The van der Waals surface area contributed by atoms with E-state index in [1.54, 1.807) is 0 Å². The van der Waals surface area contributed by atoms with E-state index in [2.05, 4.69) is 25.1 Å². The molecule has 2 aromatic carbocycles. The summed E-state index contributed by atoms with van der Waals surface area (Å²) in [6.45, 7) is 2.99. The van der Waals surface area contributed by atoms with Crippen molar-refractivity contribution < 1.29 is 0 Å². The van der Waals surface area contributed by atoms with Gasteiger partial charge in [-0.2, -0.15) is 0 Å². The molecule has 0 radical (unpaired) electrons. The summed E-state index contributed by atoms with van der Waals surface area (Å²) in [4.78, 5) is 14.2. The molecule has 4 rings (SSSR count). The fourth-order valence-corrected chi connectivity index (χ4v) is 4.38. The molecule has 3 heteroatoms. The molecule has 0 bridgehead atoms. The number of thioether (sulfide) groups is 1. The molecule has 22 heavy (non-hydrogen) atoms. The average Bonchev–Trinajstić information content (AvgIpc) is 2.58. The van der Waals surface area contributed by atoms with Gasteiger partial charge in [-0.3, -0.25) is 4.79 Å². The lowest BCUT2D eigenvalue weighted by molar-refractivity contribution is 0.636. The van der Waals surface area contributed by atoms with Gasteiger partial charge in [-0.1, -0.05) is 49.4 Å². The third-order valence-electron chi connectivity index (χ3n) is 4.30. The Morgan fingerprint density at radius 2 is 1.95 bits per heavy atom. The molecular weight excluding hydrogens is 290 g/mol. The maximum absolute atomic E-state index is 13.0. The number of para-hydroxylation sites is 1. The number of hydrogen-bond acceptors (Lipinski definition) is 2.